The molecule has 1 aromatic heterocycles. The van der Waals surface area contributed by atoms with Crippen molar-refractivity contribution in [2.45, 2.75) is 33.2 Å². The predicted octanol–water partition coefficient (Wildman–Crippen LogP) is 3.25. The van der Waals surface area contributed by atoms with E-state index in [0.717, 1.165) is 16.8 Å². The summed E-state index contributed by atoms with van der Waals surface area (Å²) < 4.78 is 0. The zero-order chi connectivity index (χ0) is 16.1. The van der Waals surface area contributed by atoms with Gasteiger partial charge in [0.15, 0.2) is 0 Å². The first kappa shape index (κ1) is 16.0. The molecular weight excluding hydrogens is 276 g/mol. The number of pyridine rings is 1. The Morgan fingerprint density at radius 3 is 2.68 bits per heavy atom. The molecule has 1 N–H and O–H groups in total. The van der Waals surface area contributed by atoms with Crippen LogP contribution >= 0.6 is 0 Å². The fourth-order valence-corrected chi connectivity index (χ4v) is 2.51. The van der Waals surface area contributed by atoms with Crippen LogP contribution in [-0.2, 0) is 11.2 Å². The summed E-state index contributed by atoms with van der Waals surface area (Å²) in [5, 5.41) is 9.60. The van der Waals surface area contributed by atoms with E-state index in [1.54, 1.807) is 24.4 Å². The van der Waals surface area contributed by atoms with Gasteiger partial charge in [-0.25, -0.2) is 0 Å². The van der Waals surface area contributed by atoms with Crippen molar-refractivity contribution in [2.24, 2.45) is 0 Å². The summed E-state index contributed by atoms with van der Waals surface area (Å²) in [6.07, 6.45) is 2.09. The first-order valence-electron chi connectivity index (χ1n) is 7.51. The number of aromatic hydroxyl groups is 1. The van der Waals surface area contributed by atoms with Crippen molar-refractivity contribution < 1.29 is 9.90 Å². The Morgan fingerprint density at radius 2 is 2.09 bits per heavy atom. The minimum absolute atomic E-state index is 0.0593. The topological polar surface area (TPSA) is 53.4 Å². The molecule has 0 fully saturated rings. The number of rotatable bonds is 5. The molecule has 1 aromatic carbocycles. The molecule has 0 saturated carbocycles. The van der Waals surface area contributed by atoms with E-state index in [-0.39, 0.29) is 17.7 Å². The Kier molecular flexibility index (Phi) is 5.15. The van der Waals surface area contributed by atoms with Gasteiger partial charge in [0.25, 0.3) is 0 Å². The molecule has 1 amide bonds. The van der Waals surface area contributed by atoms with E-state index in [4.69, 9.17) is 0 Å². The highest BCUT2D eigenvalue weighted by Gasteiger charge is 2.20. The van der Waals surface area contributed by atoms with E-state index >= 15 is 0 Å². The van der Waals surface area contributed by atoms with Crippen LogP contribution in [0.15, 0.2) is 42.6 Å². The van der Waals surface area contributed by atoms with Crippen LogP contribution in [-0.4, -0.2) is 27.4 Å². The van der Waals surface area contributed by atoms with Gasteiger partial charge in [-0.2, -0.15) is 0 Å². The number of likely N-dealkylation sites (N-methyl/N-ethyl adjacent to an activating group) is 1. The molecule has 0 radical (unpaired) electrons. The molecule has 0 aliphatic rings. The minimum atomic E-state index is -0.0805. The van der Waals surface area contributed by atoms with Crippen molar-refractivity contribution in [1.82, 2.24) is 9.88 Å². The van der Waals surface area contributed by atoms with Crippen molar-refractivity contribution in [2.75, 3.05) is 6.54 Å². The fourth-order valence-electron chi connectivity index (χ4n) is 2.51. The molecule has 4 heteroatoms. The molecule has 0 saturated heterocycles. The molecule has 22 heavy (non-hydrogen) atoms. The van der Waals surface area contributed by atoms with E-state index < -0.39 is 0 Å². The van der Waals surface area contributed by atoms with Crippen molar-refractivity contribution in [1.29, 1.82) is 0 Å². The number of aromatic nitrogens is 1. The van der Waals surface area contributed by atoms with Gasteiger partial charge in [-0.3, -0.25) is 9.78 Å². The van der Waals surface area contributed by atoms with Crippen LogP contribution in [0.5, 0.6) is 5.75 Å². The molecule has 0 bridgehead atoms. The van der Waals surface area contributed by atoms with Crippen LogP contribution < -0.4 is 0 Å². The van der Waals surface area contributed by atoms with E-state index in [9.17, 15) is 9.90 Å². The largest absolute Gasteiger partial charge is 0.508 e. The third kappa shape index (κ3) is 3.85. The average molecular weight is 298 g/mol. The third-order valence-electron chi connectivity index (χ3n) is 3.81. The SMILES string of the molecule is CCN(C(=O)Cc1ccc(C)nc1)[C@@H](C)c1cccc(O)c1. The normalized spacial score (nSPS) is 12.0. The van der Waals surface area contributed by atoms with Gasteiger partial charge in [-0.05, 0) is 50.1 Å². The molecule has 0 aliphatic heterocycles. The molecule has 0 spiro atoms. The quantitative estimate of drug-likeness (QED) is 0.922. The fraction of sp³-hybridized carbons (Fsp3) is 0.333. The Hall–Kier alpha value is -2.36. The number of amides is 1. The van der Waals surface area contributed by atoms with Crippen LogP contribution in [0.2, 0.25) is 0 Å². The highest BCUT2D eigenvalue weighted by atomic mass is 16.3. The highest BCUT2D eigenvalue weighted by Crippen LogP contribution is 2.24. The molecule has 0 unspecified atom stereocenters. The number of aryl methyl sites for hydroxylation is 1. The molecular formula is C18H22N2O2. The predicted molar refractivity (Wildman–Crippen MR) is 86.6 cm³/mol. The molecule has 2 aromatic rings. The van der Waals surface area contributed by atoms with Crippen LogP contribution in [0.25, 0.3) is 0 Å². The van der Waals surface area contributed by atoms with Crippen LogP contribution in [0.4, 0.5) is 0 Å². The Labute approximate surface area is 131 Å². The van der Waals surface area contributed by atoms with Crippen molar-refractivity contribution >= 4 is 5.91 Å². The first-order valence-corrected chi connectivity index (χ1v) is 7.51. The lowest BCUT2D eigenvalue weighted by Crippen LogP contribution is -2.34. The maximum Gasteiger partial charge on any atom is 0.227 e. The Bertz CT molecular complexity index is 638. The van der Waals surface area contributed by atoms with Gasteiger partial charge in [-0.1, -0.05) is 18.2 Å². The number of nitrogens with zero attached hydrogens (tertiary/aromatic N) is 2. The summed E-state index contributed by atoms with van der Waals surface area (Å²) >= 11 is 0. The van der Waals surface area contributed by atoms with Crippen LogP contribution in [0, 0.1) is 6.92 Å². The summed E-state index contributed by atoms with van der Waals surface area (Å²) in [5.74, 6) is 0.277. The second-order valence-electron chi connectivity index (χ2n) is 5.44. The maximum atomic E-state index is 12.6. The smallest absolute Gasteiger partial charge is 0.227 e. The lowest BCUT2D eigenvalue weighted by Gasteiger charge is -2.28. The zero-order valence-electron chi connectivity index (χ0n) is 13.3. The summed E-state index contributed by atoms with van der Waals surface area (Å²) in [5.41, 5.74) is 2.78. The molecule has 1 atom stereocenters. The van der Waals surface area contributed by atoms with Crippen LogP contribution in [0.3, 0.4) is 0 Å². The van der Waals surface area contributed by atoms with Gasteiger partial charge in [0.1, 0.15) is 5.75 Å². The van der Waals surface area contributed by atoms with E-state index in [1.807, 2.05) is 43.9 Å². The van der Waals surface area contributed by atoms with Crippen LogP contribution in [0.1, 0.15) is 36.7 Å². The lowest BCUT2D eigenvalue weighted by molar-refractivity contribution is -0.132. The molecule has 4 nitrogen and oxygen atoms in total. The Balaban J connectivity index is 2.12. The second-order valence-corrected chi connectivity index (χ2v) is 5.44. The van der Waals surface area contributed by atoms with Gasteiger partial charge in [-0.15, -0.1) is 0 Å². The minimum Gasteiger partial charge on any atom is -0.508 e. The first-order chi connectivity index (χ1) is 10.5. The average Bonchev–Trinajstić information content (AvgIpc) is 2.50. The molecule has 1 heterocycles. The number of phenolic OH excluding ortho intramolecular Hbond substituents is 1. The third-order valence-corrected chi connectivity index (χ3v) is 3.81. The lowest BCUT2D eigenvalue weighted by atomic mass is 10.1. The Morgan fingerprint density at radius 1 is 1.32 bits per heavy atom. The van der Waals surface area contributed by atoms with Gasteiger partial charge in [0, 0.05) is 18.4 Å². The number of hydrogen-bond acceptors (Lipinski definition) is 3. The van der Waals surface area contributed by atoms with E-state index in [1.165, 1.54) is 0 Å². The summed E-state index contributed by atoms with van der Waals surface area (Å²) in [6, 6.07) is 10.8. The van der Waals surface area contributed by atoms with Gasteiger partial charge < -0.3 is 10.0 Å². The van der Waals surface area contributed by atoms with Crippen molar-refractivity contribution in [3.8, 4) is 5.75 Å². The summed E-state index contributed by atoms with van der Waals surface area (Å²) in [6.45, 7) is 6.48. The maximum absolute atomic E-state index is 12.6. The standard InChI is InChI=1S/C18H22N2O2/c1-4-20(14(3)16-6-5-7-17(21)11-16)18(22)10-15-9-8-13(2)19-12-15/h5-9,11-12,14,21H,4,10H2,1-3H3/t14-/m0/s1. The zero-order valence-corrected chi connectivity index (χ0v) is 13.3. The molecule has 0 aliphatic carbocycles. The summed E-state index contributed by atoms with van der Waals surface area (Å²) in [4.78, 5) is 18.6. The van der Waals surface area contributed by atoms with Gasteiger partial charge in [0.2, 0.25) is 5.91 Å². The van der Waals surface area contributed by atoms with E-state index in [2.05, 4.69) is 4.98 Å². The number of benzene rings is 1. The molecule has 2 rings (SSSR count). The number of phenols is 1. The van der Waals surface area contributed by atoms with Gasteiger partial charge in [0.05, 0.1) is 12.5 Å². The monoisotopic (exact) mass is 298 g/mol. The second kappa shape index (κ2) is 7.07. The number of carbonyl (C=O) groups is 1. The van der Waals surface area contributed by atoms with Gasteiger partial charge >= 0.3 is 0 Å². The van der Waals surface area contributed by atoms with Crippen molar-refractivity contribution in [3.63, 3.8) is 0 Å². The number of carbonyl (C=O) groups excluding carboxylic acids is 1. The number of hydrogen-bond donors (Lipinski definition) is 1. The van der Waals surface area contributed by atoms with Crippen molar-refractivity contribution in [3.05, 3.63) is 59.4 Å². The van der Waals surface area contributed by atoms with E-state index in [0.29, 0.717) is 13.0 Å². The molecule has 116 valence electrons. The summed E-state index contributed by atoms with van der Waals surface area (Å²) in [7, 11) is 0. The highest BCUT2D eigenvalue weighted by molar-refractivity contribution is 5.79.